The van der Waals surface area contributed by atoms with Crippen molar-refractivity contribution >= 4 is 5.91 Å². The number of carbonyl (C=O) groups is 1. The number of amides is 1. The van der Waals surface area contributed by atoms with Crippen LogP contribution in [0, 0.1) is 0 Å². The number of likely N-dealkylation sites (N-methyl/N-ethyl adjacent to an activating group) is 1. The van der Waals surface area contributed by atoms with Gasteiger partial charge < -0.3 is 10.0 Å². The molecule has 1 aromatic heterocycles. The fraction of sp³-hybridized carbons (Fsp3) is 0.357. The van der Waals surface area contributed by atoms with Crippen LogP contribution in [0.4, 0.5) is 0 Å². The van der Waals surface area contributed by atoms with Gasteiger partial charge >= 0.3 is 0 Å². The number of rotatable bonds is 3. The molecule has 6 nitrogen and oxygen atoms in total. The third kappa shape index (κ3) is 2.08. The monoisotopic (exact) mass is 272 g/mol. The van der Waals surface area contributed by atoms with Gasteiger partial charge in [-0.25, -0.2) is 0 Å². The van der Waals surface area contributed by atoms with Crippen LogP contribution in [0.5, 0.6) is 0 Å². The van der Waals surface area contributed by atoms with E-state index in [0.717, 1.165) is 5.56 Å². The number of carbonyl (C=O) groups excluding carboxylic acids is 1. The van der Waals surface area contributed by atoms with Gasteiger partial charge in [0.05, 0.1) is 6.61 Å². The summed E-state index contributed by atoms with van der Waals surface area (Å²) in [5.41, 5.74) is 2.02. The molecule has 20 heavy (non-hydrogen) atoms. The van der Waals surface area contributed by atoms with Crippen molar-refractivity contribution in [2.45, 2.75) is 19.1 Å². The van der Waals surface area contributed by atoms with E-state index in [1.54, 1.807) is 11.9 Å². The van der Waals surface area contributed by atoms with Gasteiger partial charge in [-0.15, -0.1) is 0 Å². The molecule has 1 aromatic carbocycles. The van der Waals surface area contributed by atoms with E-state index in [4.69, 9.17) is 0 Å². The van der Waals surface area contributed by atoms with E-state index in [1.165, 1.54) is 4.80 Å². The number of nitrogens with zero attached hydrogens (tertiary/aromatic N) is 4. The molecule has 0 saturated carbocycles. The molecule has 2 aromatic rings. The Balaban J connectivity index is 1.99. The molecule has 0 radical (unpaired) electrons. The van der Waals surface area contributed by atoms with Gasteiger partial charge in [0, 0.05) is 19.2 Å². The Morgan fingerprint density at radius 3 is 2.65 bits per heavy atom. The molecule has 0 spiro atoms. The Morgan fingerprint density at radius 2 is 2.05 bits per heavy atom. The first-order valence-electron chi connectivity index (χ1n) is 6.57. The average Bonchev–Trinajstić information content (AvgIpc) is 3.05. The zero-order valence-electron chi connectivity index (χ0n) is 11.2. The highest BCUT2D eigenvalue weighted by atomic mass is 16.3. The normalized spacial score (nSPS) is 18.8. The summed E-state index contributed by atoms with van der Waals surface area (Å²) < 4.78 is 0. The lowest BCUT2D eigenvalue weighted by Crippen LogP contribution is -2.25. The minimum Gasteiger partial charge on any atom is -0.390 e. The van der Waals surface area contributed by atoms with E-state index >= 15 is 0 Å². The minimum atomic E-state index is -0.359. The first-order valence-corrected chi connectivity index (χ1v) is 6.57. The zero-order chi connectivity index (χ0) is 14.1. The quantitative estimate of drug-likeness (QED) is 0.898. The van der Waals surface area contributed by atoms with Gasteiger partial charge in [0.2, 0.25) is 5.91 Å². The highest BCUT2D eigenvalue weighted by Gasteiger charge is 2.33. The molecule has 1 saturated heterocycles. The SMILES string of the molecule is CN1CCC(n2nc(CO)c(-c3ccccc3)n2)C1=O. The molecule has 2 heterocycles. The molecular weight excluding hydrogens is 256 g/mol. The first kappa shape index (κ1) is 12.8. The van der Waals surface area contributed by atoms with Crippen molar-refractivity contribution in [2.75, 3.05) is 13.6 Å². The van der Waals surface area contributed by atoms with Crippen molar-refractivity contribution in [3.05, 3.63) is 36.0 Å². The van der Waals surface area contributed by atoms with Crippen molar-refractivity contribution in [1.82, 2.24) is 19.9 Å². The largest absolute Gasteiger partial charge is 0.390 e. The maximum atomic E-state index is 12.0. The van der Waals surface area contributed by atoms with Crippen molar-refractivity contribution in [3.8, 4) is 11.3 Å². The maximum absolute atomic E-state index is 12.0. The third-order valence-electron chi connectivity index (χ3n) is 3.57. The summed E-state index contributed by atoms with van der Waals surface area (Å²) in [5.74, 6) is 0.0177. The van der Waals surface area contributed by atoms with Crippen LogP contribution in [0.1, 0.15) is 18.2 Å². The number of hydrogen-bond donors (Lipinski definition) is 1. The second-order valence-electron chi connectivity index (χ2n) is 4.90. The first-order chi connectivity index (χ1) is 9.70. The van der Waals surface area contributed by atoms with E-state index in [9.17, 15) is 9.90 Å². The summed E-state index contributed by atoms with van der Waals surface area (Å²) in [4.78, 5) is 15.1. The van der Waals surface area contributed by atoms with Crippen molar-refractivity contribution < 1.29 is 9.90 Å². The van der Waals surface area contributed by atoms with Crippen molar-refractivity contribution in [1.29, 1.82) is 0 Å². The Hall–Kier alpha value is -2.21. The van der Waals surface area contributed by atoms with Gasteiger partial charge in [-0.2, -0.15) is 15.0 Å². The second-order valence-corrected chi connectivity index (χ2v) is 4.90. The van der Waals surface area contributed by atoms with E-state index < -0.39 is 0 Å². The summed E-state index contributed by atoms with van der Waals surface area (Å²) in [6.07, 6.45) is 0.698. The molecule has 1 unspecified atom stereocenters. The molecule has 0 bridgehead atoms. The van der Waals surface area contributed by atoms with E-state index in [1.807, 2.05) is 30.3 Å². The van der Waals surface area contributed by atoms with Crippen molar-refractivity contribution in [2.24, 2.45) is 0 Å². The Morgan fingerprint density at radius 1 is 1.30 bits per heavy atom. The highest BCUT2D eigenvalue weighted by molar-refractivity contribution is 5.82. The maximum Gasteiger partial charge on any atom is 0.249 e. The molecule has 1 fully saturated rings. The molecule has 104 valence electrons. The van der Waals surface area contributed by atoms with Crippen molar-refractivity contribution in [3.63, 3.8) is 0 Å². The predicted octanol–water partition coefficient (Wildman–Crippen LogP) is 0.841. The van der Waals surface area contributed by atoms with Gasteiger partial charge in [-0.05, 0) is 6.42 Å². The summed E-state index contributed by atoms with van der Waals surface area (Å²) >= 11 is 0. The third-order valence-corrected chi connectivity index (χ3v) is 3.57. The number of aliphatic hydroxyl groups is 1. The Labute approximate surface area is 116 Å². The fourth-order valence-electron chi connectivity index (χ4n) is 2.44. The van der Waals surface area contributed by atoms with Crippen LogP contribution < -0.4 is 0 Å². The van der Waals surface area contributed by atoms with Crippen LogP contribution in [0.15, 0.2) is 30.3 Å². The number of benzene rings is 1. The summed E-state index contributed by atoms with van der Waals surface area (Å²) in [6.45, 7) is 0.515. The standard InChI is InChI=1S/C14H16N4O2/c1-17-8-7-12(14(17)20)18-15-11(9-19)13(16-18)10-5-3-2-4-6-10/h2-6,12,19H,7-9H2,1H3. The summed E-state index contributed by atoms with van der Waals surface area (Å²) in [5, 5.41) is 18.1. The van der Waals surface area contributed by atoms with Crippen LogP contribution in [0.25, 0.3) is 11.3 Å². The smallest absolute Gasteiger partial charge is 0.249 e. The lowest BCUT2D eigenvalue weighted by molar-refractivity contribution is -0.129. The molecule has 1 N–H and O–H groups in total. The summed E-state index contributed by atoms with van der Waals surface area (Å²) in [7, 11) is 1.77. The Bertz CT molecular complexity index is 623. The van der Waals surface area contributed by atoms with Gasteiger partial charge in [0.25, 0.3) is 0 Å². The highest BCUT2D eigenvalue weighted by Crippen LogP contribution is 2.25. The number of hydrogen-bond acceptors (Lipinski definition) is 4. The van der Waals surface area contributed by atoms with Crippen LogP contribution in [-0.2, 0) is 11.4 Å². The summed E-state index contributed by atoms with van der Waals surface area (Å²) in [6, 6.07) is 9.20. The number of likely N-dealkylation sites (tertiary alicyclic amines) is 1. The van der Waals surface area contributed by atoms with Gasteiger partial charge in [-0.3, -0.25) is 4.79 Å². The van der Waals surface area contributed by atoms with E-state index in [0.29, 0.717) is 24.4 Å². The van der Waals surface area contributed by atoms with Crippen LogP contribution >= 0.6 is 0 Å². The average molecular weight is 272 g/mol. The minimum absolute atomic E-state index is 0.0177. The Kier molecular flexibility index (Phi) is 3.23. The molecule has 3 rings (SSSR count). The number of aromatic nitrogens is 3. The lowest BCUT2D eigenvalue weighted by atomic mass is 10.1. The second kappa shape index (κ2) is 5.05. The zero-order valence-corrected chi connectivity index (χ0v) is 11.2. The topological polar surface area (TPSA) is 71.2 Å². The lowest BCUT2D eigenvalue weighted by Gasteiger charge is -2.08. The molecule has 1 aliphatic rings. The number of aliphatic hydroxyl groups excluding tert-OH is 1. The van der Waals surface area contributed by atoms with Gasteiger partial charge in [0.15, 0.2) is 6.04 Å². The van der Waals surface area contributed by atoms with E-state index in [-0.39, 0.29) is 18.6 Å². The van der Waals surface area contributed by atoms with Gasteiger partial charge in [0.1, 0.15) is 11.4 Å². The fourth-order valence-corrected chi connectivity index (χ4v) is 2.44. The molecule has 1 atom stereocenters. The molecular formula is C14H16N4O2. The molecule has 1 aliphatic heterocycles. The van der Waals surface area contributed by atoms with Crippen LogP contribution in [0.3, 0.4) is 0 Å². The van der Waals surface area contributed by atoms with Gasteiger partial charge in [-0.1, -0.05) is 30.3 Å². The van der Waals surface area contributed by atoms with E-state index in [2.05, 4.69) is 10.2 Å². The van der Waals surface area contributed by atoms with Crippen LogP contribution in [0.2, 0.25) is 0 Å². The predicted molar refractivity (Wildman–Crippen MR) is 72.7 cm³/mol. The molecule has 0 aliphatic carbocycles. The molecule has 1 amide bonds. The van der Waals surface area contributed by atoms with Crippen LogP contribution in [-0.4, -0.2) is 44.5 Å². The molecule has 6 heteroatoms.